The van der Waals surface area contributed by atoms with Crippen molar-refractivity contribution in [3.05, 3.63) is 53.9 Å². The fourth-order valence-corrected chi connectivity index (χ4v) is 1.78. The number of nitrogens with zero attached hydrogens (tertiary/aromatic N) is 1. The van der Waals surface area contributed by atoms with Gasteiger partial charge in [-0.05, 0) is 39.0 Å². The van der Waals surface area contributed by atoms with E-state index in [1.54, 1.807) is 18.5 Å². The molecule has 0 atom stereocenters. The lowest BCUT2D eigenvalue weighted by Gasteiger charge is -2.10. The lowest BCUT2D eigenvalue weighted by atomic mass is 10.2. The molecule has 2 aromatic rings. The van der Waals surface area contributed by atoms with Gasteiger partial charge in [-0.25, -0.2) is 0 Å². The van der Waals surface area contributed by atoms with Crippen LogP contribution < -0.4 is 10.6 Å². The maximum Gasteiger partial charge on any atom is 0.253 e. The Morgan fingerprint density at radius 1 is 1.10 bits per heavy atom. The summed E-state index contributed by atoms with van der Waals surface area (Å²) in [4.78, 5) is 16.0. The number of amides is 1. The van der Waals surface area contributed by atoms with E-state index < -0.39 is 0 Å². The van der Waals surface area contributed by atoms with E-state index in [-0.39, 0.29) is 11.9 Å². The van der Waals surface area contributed by atoms with Crippen molar-refractivity contribution in [2.24, 2.45) is 0 Å². The van der Waals surface area contributed by atoms with E-state index in [4.69, 9.17) is 0 Å². The molecule has 0 aliphatic carbocycles. The number of hydrogen-bond acceptors (Lipinski definition) is 3. The Kier molecular flexibility index (Phi) is 4.35. The predicted octanol–water partition coefficient (Wildman–Crippen LogP) is 3.27. The molecule has 0 bridgehead atoms. The number of carbonyl (C=O) groups is 1. The number of aryl methyl sites for hydroxylation is 1. The molecule has 1 aromatic carbocycles. The van der Waals surface area contributed by atoms with Crippen LogP contribution in [0.5, 0.6) is 0 Å². The molecule has 0 fully saturated rings. The Labute approximate surface area is 119 Å². The molecule has 20 heavy (non-hydrogen) atoms. The highest BCUT2D eigenvalue weighted by Gasteiger charge is 2.08. The third-order valence-electron chi connectivity index (χ3n) is 2.76. The molecule has 2 N–H and O–H groups in total. The first-order valence-electron chi connectivity index (χ1n) is 6.64. The third kappa shape index (κ3) is 3.82. The summed E-state index contributed by atoms with van der Waals surface area (Å²) in [5.74, 6) is -0.111. The van der Waals surface area contributed by atoms with Crippen LogP contribution >= 0.6 is 0 Å². The second kappa shape index (κ2) is 6.19. The van der Waals surface area contributed by atoms with E-state index in [0.29, 0.717) is 5.56 Å². The molecule has 1 heterocycles. The molecule has 0 saturated carbocycles. The maximum atomic E-state index is 11.9. The summed E-state index contributed by atoms with van der Waals surface area (Å²) in [7, 11) is 0. The summed E-state index contributed by atoms with van der Waals surface area (Å²) in [5, 5.41) is 6.09. The van der Waals surface area contributed by atoms with Crippen molar-refractivity contribution in [1.82, 2.24) is 10.3 Å². The van der Waals surface area contributed by atoms with Gasteiger partial charge in [0.15, 0.2) is 0 Å². The number of carbonyl (C=O) groups excluding carboxylic acids is 1. The Balaban J connectivity index is 2.13. The summed E-state index contributed by atoms with van der Waals surface area (Å²) in [6.45, 7) is 5.90. The summed E-state index contributed by atoms with van der Waals surface area (Å²) in [6, 6.07) is 9.96. The molecule has 0 spiro atoms. The first kappa shape index (κ1) is 14.1. The highest BCUT2D eigenvalue weighted by Crippen LogP contribution is 2.17. The second-order valence-corrected chi connectivity index (χ2v) is 5.08. The monoisotopic (exact) mass is 269 g/mol. The fourth-order valence-electron chi connectivity index (χ4n) is 1.78. The van der Waals surface area contributed by atoms with Crippen molar-refractivity contribution >= 4 is 17.3 Å². The van der Waals surface area contributed by atoms with Crippen molar-refractivity contribution in [1.29, 1.82) is 0 Å². The number of aromatic nitrogens is 1. The summed E-state index contributed by atoms with van der Waals surface area (Å²) in [5.41, 5.74) is 3.53. The van der Waals surface area contributed by atoms with Crippen LogP contribution in [-0.4, -0.2) is 16.9 Å². The SMILES string of the molecule is Cc1ccc(Nc2cncc(C(=O)NC(C)C)c2)cc1. The Bertz CT molecular complexity index is 591. The van der Waals surface area contributed by atoms with Gasteiger partial charge in [0.1, 0.15) is 0 Å². The summed E-state index contributed by atoms with van der Waals surface area (Å²) >= 11 is 0. The van der Waals surface area contributed by atoms with Gasteiger partial charge in [-0.3, -0.25) is 9.78 Å². The largest absolute Gasteiger partial charge is 0.354 e. The van der Waals surface area contributed by atoms with Crippen molar-refractivity contribution < 1.29 is 4.79 Å². The number of benzene rings is 1. The molecule has 0 aliphatic rings. The van der Waals surface area contributed by atoms with E-state index in [2.05, 4.69) is 15.6 Å². The van der Waals surface area contributed by atoms with E-state index >= 15 is 0 Å². The normalized spacial score (nSPS) is 10.4. The minimum absolute atomic E-state index is 0.108. The smallest absolute Gasteiger partial charge is 0.253 e. The first-order chi connectivity index (χ1) is 9.54. The van der Waals surface area contributed by atoms with Crippen LogP contribution in [0.15, 0.2) is 42.7 Å². The van der Waals surface area contributed by atoms with Gasteiger partial charge in [0.25, 0.3) is 5.91 Å². The Morgan fingerprint density at radius 2 is 1.80 bits per heavy atom. The van der Waals surface area contributed by atoms with E-state index in [1.165, 1.54) is 5.56 Å². The third-order valence-corrected chi connectivity index (χ3v) is 2.76. The molecular formula is C16H19N3O. The molecule has 4 nitrogen and oxygen atoms in total. The topological polar surface area (TPSA) is 54.0 Å². The van der Waals surface area contributed by atoms with Crippen molar-refractivity contribution in [3.63, 3.8) is 0 Å². The molecule has 2 rings (SSSR count). The fraction of sp³-hybridized carbons (Fsp3) is 0.250. The molecule has 1 aromatic heterocycles. The number of rotatable bonds is 4. The zero-order valence-corrected chi connectivity index (χ0v) is 12.0. The van der Waals surface area contributed by atoms with Gasteiger partial charge < -0.3 is 10.6 Å². The first-order valence-corrected chi connectivity index (χ1v) is 6.64. The van der Waals surface area contributed by atoms with Gasteiger partial charge in [0, 0.05) is 17.9 Å². The van der Waals surface area contributed by atoms with E-state index in [0.717, 1.165) is 11.4 Å². The average molecular weight is 269 g/mol. The lowest BCUT2D eigenvalue weighted by molar-refractivity contribution is 0.0943. The molecular weight excluding hydrogens is 250 g/mol. The number of anilines is 2. The van der Waals surface area contributed by atoms with Crippen molar-refractivity contribution in [2.75, 3.05) is 5.32 Å². The van der Waals surface area contributed by atoms with Crippen molar-refractivity contribution in [2.45, 2.75) is 26.8 Å². The second-order valence-electron chi connectivity index (χ2n) is 5.08. The van der Waals surface area contributed by atoms with E-state index in [1.807, 2.05) is 45.0 Å². The summed E-state index contributed by atoms with van der Waals surface area (Å²) < 4.78 is 0. The van der Waals surface area contributed by atoms with Gasteiger partial charge in [-0.1, -0.05) is 17.7 Å². The molecule has 104 valence electrons. The van der Waals surface area contributed by atoms with Gasteiger partial charge in [-0.15, -0.1) is 0 Å². The standard InChI is InChI=1S/C16H19N3O/c1-11(2)18-16(20)13-8-15(10-17-9-13)19-14-6-4-12(3)5-7-14/h4-11,19H,1-3H3,(H,18,20). The van der Waals surface area contributed by atoms with Gasteiger partial charge in [0.2, 0.25) is 0 Å². The van der Waals surface area contributed by atoms with Gasteiger partial charge in [0.05, 0.1) is 17.4 Å². The van der Waals surface area contributed by atoms with Crippen LogP contribution in [0.4, 0.5) is 11.4 Å². The van der Waals surface area contributed by atoms with Crippen LogP contribution in [-0.2, 0) is 0 Å². The quantitative estimate of drug-likeness (QED) is 0.895. The van der Waals surface area contributed by atoms with Crippen LogP contribution in [0.1, 0.15) is 29.8 Å². The van der Waals surface area contributed by atoms with Crippen LogP contribution in [0.25, 0.3) is 0 Å². The van der Waals surface area contributed by atoms with E-state index in [9.17, 15) is 4.79 Å². The summed E-state index contributed by atoms with van der Waals surface area (Å²) in [6.07, 6.45) is 3.27. The molecule has 0 radical (unpaired) electrons. The zero-order valence-electron chi connectivity index (χ0n) is 12.0. The number of nitrogens with one attached hydrogen (secondary N) is 2. The Hall–Kier alpha value is -2.36. The number of pyridine rings is 1. The highest BCUT2D eigenvalue weighted by molar-refractivity contribution is 5.95. The Morgan fingerprint density at radius 3 is 2.45 bits per heavy atom. The van der Waals surface area contributed by atoms with Gasteiger partial charge >= 0.3 is 0 Å². The van der Waals surface area contributed by atoms with Crippen LogP contribution in [0.2, 0.25) is 0 Å². The molecule has 1 amide bonds. The van der Waals surface area contributed by atoms with Crippen LogP contribution in [0.3, 0.4) is 0 Å². The minimum Gasteiger partial charge on any atom is -0.354 e. The van der Waals surface area contributed by atoms with Crippen molar-refractivity contribution in [3.8, 4) is 0 Å². The zero-order chi connectivity index (χ0) is 14.5. The molecule has 0 saturated heterocycles. The lowest BCUT2D eigenvalue weighted by Crippen LogP contribution is -2.30. The van der Waals surface area contributed by atoms with Crippen LogP contribution in [0, 0.1) is 6.92 Å². The highest BCUT2D eigenvalue weighted by atomic mass is 16.1. The predicted molar refractivity (Wildman–Crippen MR) is 81.3 cm³/mol. The molecule has 0 unspecified atom stereocenters. The minimum atomic E-state index is -0.111. The average Bonchev–Trinajstić information content (AvgIpc) is 2.41. The molecule has 4 heteroatoms. The van der Waals surface area contributed by atoms with Gasteiger partial charge in [-0.2, -0.15) is 0 Å². The molecule has 0 aliphatic heterocycles. The number of hydrogen-bond donors (Lipinski definition) is 2. The maximum absolute atomic E-state index is 11.9.